The van der Waals surface area contributed by atoms with Crippen LogP contribution in [0.3, 0.4) is 0 Å². The van der Waals surface area contributed by atoms with Crippen LogP contribution in [-0.2, 0) is 21.3 Å². The summed E-state index contributed by atoms with van der Waals surface area (Å²) in [7, 11) is -2.04. The van der Waals surface area contributed by atoms with Crippen molar-refractivity contribution >= 4 is 37.5 Å². The van der Waals surface area contributed by atoms with E-state index in [-0.39, 0.29) is 22.3 Å². The quantitative estimate of drug-likeness (QED) is 0.482. The molecule has 34 heavy (non-hydrogen) atoms. The first-order valence-electron chi connectivity index (χ1n) is 11.3. The van der Waals surface area contributed by atoms with Crippen LogP contribution in [0.15, 0.2) is 52.4 Å². The number of nitrogens with zero attached hydrogens (tertiary/aromatic N) is 3. The zero-order valence-corrected chi connectivity index (χ0v) is 20.9. The fraction of sp³-hybridized carbons (Fsp3) is 0.417. The molecule has 0 bridgehead atoms. The largest absolute Gasteiger partial charge is 0.383 e. The fourth-order valence-electron chi connectivity index (χ4n) is 4.29. The van der Waals surface area contributed by atoms with Crippen LogP contribution in [0.4, 0.5) is 4.39 Å². The molecule has 0 N–H and O–H groups in total. The van der Waals surface area contributed by atoms with E-state index in [4.69, 9.17) is 4.74 Å². The zero-order valence-electron chi connectivity index (χ0n) is 19.2. The number of halogens is 1. The highest BCUT2D eigenvalue weighted by Gasteiger charge is 2.32. The number of fused-ring (bicyclic) bond motifs is 1. The molecule has 1 saturated heterocycles. The second-order valence-electron chi connectivity index (χ2n) is 8.26. The number of hydrogen-bond acceptors (Lipinski definition) is 5. The van der Waals surface area contributed by atoms with E-state index < -0.39 is 15.9 Å². The van der Waals surface area contributed by atoms with Crippen LogP contribution in [0, 0.1) is 5.82 Å². The number of benzene rings is 2. The minimum absolute atomic E-state index is 0.00963. The predicted molar refractivity (Wildman–Crippen MR) is 130 cm³/mol. The molecule has 1 aliphatic heterocycles. The third-order valence-electron chi connectivity index (χ3n) is 6.11. The first-order chi connectivity index (χ1) is 16.3. The summed E-state index contributed by atoms with van der Waals surface area (Å²) >= 11 is 1.22. The van der Waals surface area contributed by atoms with Crippen molar-refractivity contribution < 1.29 is 22.3 Å². The average Bonchev–Trinajstić information content (AvgIpc) is 3.18. The van der Waals surface area contributed by atoms with Crippen LogP contribution < -0.4 is 4.80 Å². The number of carbonyl (C=O) groups is 1. The van der Waals surface area contributed by atoms with Gasteiger partial charge in [0, 0.05) is 31.8 Å². The fourth-order valence-corrected chi connectivity index (χ4v) is 7.13. The van der Waals surface area contributed by atoms with E-state index in [0.717, 1.165) is 31.2 Å². The molecule has 0 saturated carbocycles. The topological polar surface area (TPSA) is 81.0 Å². The third kappa shape index (κ3) is 5.00. The lowest BCUT2D eigenvalue weighted by atomic mass is 10.0. The van der Waals surface area contributed by atoms with Gasteiger partial charge >= 0.3 is 0 Å². The predicted octanol–water partition coefficient (Wildman–Crippen LogP) is 4.18. The molecule has 1 fully saturated rings. The Bertz CT molecular complexity index is 1350. The van der Waals surface area contributed by atoms with E-state index >= 15 is 0 Å². The molecule has 3 aromatic rings. The van der Waals surface area contributed by atoms with Crippen molar-refractivity contribution in [3.05, 3.63) is 58.6 Å². The maximum Gasteiger partial charge on any atom is 0.279 e. The van der Waals surface area contributed by atoms with Crippen LogP contribution in [0.5, 0.6) is 0 Å². The number of carbonyl (C=O) groups excluding carboxylic acids is 1. The third-order valence-corrected chi connectivity index (χ3v) is 9.12. The van der Waals surface area contributed by atoms with Crippen molar-refractivity contribution in [2.75, 3.05) is 20.3 Å². The number of ether oxygens (including phenoxy) is 1. The second kappa shape index (κ2) is 10.5. The summed E-state index contributed by atoms with van der Waals surface area (Å²) in [5, 5.41) is 0. The molecule has 2 aromatic carbocycles. The van der Waals surface area contributed by atoms with Crippen molar-refractivity contribution in [2.45, 2.75) is 50.1 Å². The molecule has 1 aromatic heterocycles. The maximum absolute atomic E-state index is 13.7. The number of amides is 1. The van der Waals surface area contributed by atoms with E-state index in [1.807, 2.05) is 11.5 Å². The molecule has 0 spiro atoms. The molecule has 1 atom stereocenters. The minimum atomic E-state index is -3.62. The molecule has 10 heteroatoms. The molecule has 1 aliphatic rings. The Morgan fingerprint density at radius 2 is 1.97 bits per heavy atom. The summed E-state index contributed by atoms with van der Waals surface area (Å²) in [5.74, 6) is -0.854. The Labute approximate surface area is 202 Å². The Hall–Kier alpha value is -2.40. The number of piperidine rings is 1. The van der Waals surface area contributed by atoms with Crippen molar-refractivity contribution in [1.82, 2.24) is 8.87 Å². The summed E-state index contributed by atoms with van der Waals surface area (Å²) in [6.07, 6.45) is 3.53. The van der Waals surface area contributed by atoms with E-state index in [2.05, 4.69) is 4.99 Å². The minimum Gasteiger partial charge on any atom is -0.383 e. The molecule has 0 radical (unpaired) electrons. The van der Waals surface area contributed by atoms with Crippen LogP contribution in [0.2, 0.25) is 0 Å². The van der Waals surface area contributed by atoms with Gasteiger partial charge in [-0.3, -0.25) is 4.79 Å². The number of rotatable bonds is 7. The van der Waals surface area contributed by atoms with Crippen LogP contribution in [-0.4, -0.2) is 49.5 Å². The van der Waals surface area contributed by atoms with Gasteiger partial charge in [-0.05, 0) is 61.7 Å². The Morgan fingerprint density at radius 3 is 2.68 bits per heavy atom. The lowest BCUT2D eigenvalue weighted by Gasteiger charge is -2.34. The number of aromatic nitrogens is 1. The van der Waals surface area contributed by atoms with Crippen LogP contribution >= 0.6 is 11.3 Å². The van der Waals surface area contributed by atoms with Gasteiger partial charge in [0.15, 0.2) is 4.80 Å². The summed E-state index contributed by atoms with van der Waals surface area (Å²) < 4.78 is 49.3. The van der Waals surface area contributed by atoms with Crippen molar-refractivity contribution in [3.8, 4) is 0 Å². The first kappa shape index (κ1) is 24.7. The first-order valence-corrected chi connectivity index (χ1v) is 13.6. The summed E-state index contributed by atoms with van der Waals surface area (Å²) in [4.78, 5) is 17.8. The monoisotopic (exact) mass is 505 g/mol. The summed E-state index contributed by atoms with van der Waals surface area (Å²) in [6.45, 7) is 3.39. The SMILES string of the molecule is CCC1CCCCN1S(=O)(=O)c1ccc(C(=O)N=c2sc3cc(F)ccc3n2CCOC)cc1. The molecule has 1 amide bonds. The van der Waals surface area contributed by atoms with Crippen molar-refractivity contribution in [2.24, 2.45) is 4.99 Å². The van der Waals surface area contributed by atoms with Gasteiger partial charge in [0.05, 0.1) is 21.7 Å². The highest BCUT2D eigenvalue weighted by atomic mass is 32.2. The lowest BCUT2D eigenvalue weighted by molar-refractivity contribution is 0.0997. The van der Waals surface area contributed by atoms with Crippen molar-refractivity contribution in [3.63, 3.8) is 0 Å². The maximum atomic E-state index is 13.7. The molecular formula is C24H28FN3O4S2. The van der Waals surface area contributed by atoms with Gasteiger partial charge in [-0.2, -0.15) is 9.30 Å². The summed E-state index contributed by atoms with van der Waals surface area (Å²) in [6, 6.07) is 10.4. The van der Waals surface area contributed by atoms with Crippen LogP contribution in [0.1, 0.15) is 43.0 Å². The van der Waals surface area contributed by atoms with E-state index in [1.165, 1.54) is 47.7 Å². The van der Waals surface area contributed by atoms with Gasteiger partial charge in [0.1, 0.15) is 5.82 Å². The summed E-state index contributed by atoms with van der Waals surface area (Å²) in [5.41, 5.74) is 1.05. The van der Waals surface area contributed by atoms with Gasteiger partial charge in [0.25, 0.3) is 5.91 Å². The zero-order chi connectivity index (χ0) is 24.3. The average molecular weight is 506 g/mol. The number of methoxy groups -OCH3 is 1. The molecule has 7 nitrogen and oxygen atoms in total. The van der Waals surface area contributed by atoms with E-state index in [0.29, 0.717) is 29.2 Å². The second-order valence-corrected chi connectivity index (χ2v) is 11.2. The van der Waals surface area contributed by atoms with Gasteiger partial charge in [0.2, 0.25) is 10.0 Å². The normalized spacial score (nSPS) is 18.0. The van der Waals surface area contributed by atoms with E-state index in [9.17, 15) is 17.6 Å². The highest BCUT2D eigenvalue weighted by Crippen LogP contribution is 2.27. The van der Waals surface area contributed by atoms with Gasteiger partial charge in [-0.25, -0.2) is 12.8 Å². The Balaban J connectivity index is 1.64. The molecular weight excluding hydrogens is 477 g/mol. The highest BCUT2D eigenvalue weighted by molar-refractivity contribution is 7.89. The van der Waals surface area contributed by atoms with Gasteiger partial charge < -0.3 is 9.30 Å². The molecule has 4 rings (SSSR count). The Kier molecular flexibility index (Phi) is 7.61. The molecule has 0 aliphatic carbocycles. The standard InChI is InChI=1S/C24H28FN3O4S2/c1-3-19-6-4-5-13-28(19)34(30,31)20-10-7-17(8-11-20)23(29)26-24-27(14-15-32-2)21-12-9-18(25)16-22(21)33-24/h7-12,16,19H,3-6,13-15H2,1-2H3. The van der Waals surface area contributed by atoms with E-state index in [1.54, 1.807) is 17.5 Å². The van der Waals surface area contributed by atoms with Gasteiger partial charge in [-0.1, -0.05) is 24.7 Å². The Morgan fingerprint density at radius 1 is 1.21 bits per heavy atom. The lowest BCUT2D eigenvalue weighted by Crippen LogP contribution is -2.43. The number of hydrogen-bond donors (Lipinski definition) is 0. The number of sulfonamides is 1. The molecule has 182 valence electrons. The number of thiazole rings is 1. The van der Waals surface area contributed by atoms with Gasteiger partial charge in [-0.15, -0.1) is 0 Å². The van der Waals surface area contributed by atoms with Crippen LogP contribution in [0.25, 0.3) is 10.2 Å². The smallest absolute Gasteiger partial charge is 0.279 e. The molecule has 2 heterocycles. The molecule has 1 unspecified atom stereocenters. The van der Waals surface area contributed by atoms with Crippen molar-refractivity contribution in [1.29, 1.82) is 0 Å².